The lowest BCUT2D eigenvalue weighted by atomic mass is 9.57. The second-order valence-corrected chi connectivity index (χ2v) is 29.5. The molecule has 3 aliphatic carbocycles. The van der Waals surface area contributed by atoms with Crippen molar-refractivity contribution in [2.45, 2.75) is 129 Å². The van der Waals surface area contributed by atoms with E-state index in [1.165, 1.54) is 82.3 Å². The maximum Gasteiger partial charge on any atom is 0.306 e. The van der Waals surface area contributed by atoms with E-state index in [1.54, 1.807) is 72.5 Å². The summed E-state index contributed by atoms with van der Waals surface area (Å²) in [7, 11) is 0. The van der Waals surface area contributed by atoms with Gasteiger partial charge in [0.05, 0.1) is 23.0 Å². The van der Waals surface area contributed by atoms with Crippen molar-refractivity contribution in [1.82, 2.24) is 44.6 Å². The maximum atomic E-state index is 11.8. The number of aromatic nitrogens is 6. The molecule has 11 atom stereocenters. The van der Waals surface area contributed by atoms with Gasteiger partial charge in [0.25, 0.3) is 0 Å². The van der Waals surface area contributed by atoms with E-state index in [0.717, 1.165) is 119 Å². The van der Waals surface area contributed by atoms with Gasteiger partial charge in [-0.25, -0.2) is 29.9 Å². The number of aliphatic carboxylic acids is 2. The average Bonchev–Trinajstić information content (AvgIpc) is 1.43. The molecule has 0 amide bonds. The smallest absolute Gasteiger partial charge is 0.306 e. The number of piperidine rings is 3. The van der Waals surface area contributed by atoms with E-state index in [0.29, 0.717) is 47.8 Å². The highest BCUT2D eigenvalue weighted by atomic mass is 32.2. The molecule has 11 unspecified atom stereocenters. The Labute approximate surface area is 519 Å². The Balaban J connectivity index is 0.000000120. The van der Waals surface area contributed by atoms with E-state index >= 15 is 0 Å². The molecule has 3 aromatic carbocycles. The maximum absolute atomic E-state index is 11.8. The molecule has 86 heavy (non-hydrogen) atoms. The molecule has 6 aliphatic heterocycles. The predicted molar refractivity (Wildman–Crippen MR) is 339 cm³/mol. The number of carboxylic acid groups (broad SMARTS) is 2. The second kappa shape index (κ2) is 25.3. The predicted octanol–water partition coefficient (Wildman–Crippen LogP) is 13.8. The molecule has 15 rings (SSSR count). The summed E-state index contributed by atoms with van der Waals surface area (Å²) in [6.07, 6.45) is 16.9. The molecule has 6 fully saturated rings. The standard InChI is InChI=1S/C24H30N4O2S.C22H28N4S.C21H24N4O2S/c1-13-8-14(2)18-12-28(11-17(13)21(18)15(3)24(29)30)10-16-4-5-20-19(9-16)27-22-23(31-20)26-7-6-25-22;1-4-16-17-11-26(12-18(16)14(3)13(17)2)10-15-5-6-20-19(9-15)25-21-22(27-20)24-8-7-23-21;26-19(27)9-16-14-2-1-3-15(16)12-25(11-14)10-13-4-5-18-17(8-13)24-20-21(28-18)23-7-6-22-20/h4-7,9,13-15,17-18,21H,8,10-12H2,1-3H3,(H,25,27)(H,29,30);5-9,13-14,16-18H,4,10-12H2,1-3H3,(H,23,25);4-8,14-16H,1-3,9-12H2,(H,22,24)(H,26,27). The molecule has 6 aromatic rings. The van der Waals surface area contributed by atoms with Crippen molar-refractivity contribution in [3.8, 4) is 0 Å². The molecule has 3 saturated heterocycles. The van der Waals surface area contributed by atoms with Gasteiger partial charge in [-0.2, -0.15) is 0 Å². The quantitative estimate of drug-likeness (QED) is 0.0819. The number of fused-ring (bicyclic) bond motifs is 12. The molecule has 9 heterocycles. The number of likely N-dealkylation sites (tertiary alicyclic amines) is 3. The van der Waals surface area contributed by atoms with Gasteiger partial charge in [-0.3, -0.25) is 24.3 Å². The van der Waals surface area contributed by atoms with Gasteiger partial charge in [0.2, 0.25) is 0 Å². The summed E-state index contributed by atoms with van der Waals surface area (Å²) in [5, 5.41) is 32.1. The summed E-state index contributed by atoms with van der Waals surface area (Å²) >= 11 is 5.01. The van der Waals surface area contributed by atoms with E-state index in [2.05, 4.69) is 150 Å². The minimum absolute atomic E-state index is 0.270. The highest BCUT2D eigenvalue weighted by Gasteiger charge is 2.51. The third-order valence-corrected chi connectivity index (χ3v) is 24.5. The summed E-state index contributed by atoms with van der Waals surface area (Å²) in [6, 6.07) is 20.0. The molecular weight excluding hydrogens is 1130 g/mol. The van der Waals surface area contributed by atoms with Crippen LogP contribution in [0.15, 0.2) is 122 Å². The van der Waals surface area contributed by atoms with Crippen LogP contribution in [-0.2, 0) is 29.2 Å². The third-order valence-electron chi connectivity index (χ3n) is 21.3. The van der Waals surface area contributed by atoms with Crippen LogP contribution < -0.4 is 16.0 Å². The minimum atomic E-state index is -0.642. The topological polar surface area (TPSA) is 198 Å². The number of carbonyl (C=O) groups is 2. The van der Waals surface area contributed by atoms with Crippen molar-refractivity contribution in [2.24, 2.45) is 82.9 Å². The zero-order chi connectivity index (χ0) is 59.3. The van der Waals surface area contributed by atoms with Gasteiger partial charge in [0, 0.05) is 117 Å². The molecule has 3 aromatic heterocycles. The summed E-state index contributed by atoms with van der Waals surface area (Å²) in [4.78, 5) is 60.8. The van der Waals surface area contributed by atoms with Gasteiger partial charge in [-0.1, -0.05) is 108 Å². The van der Waals surface area contributed by atoms with Crippen LogP contribution >= 0.6 is 35.3 Å². The van der Waals surface area contributed by atoms with Gasteiger partial charge in [-0.15, -0.1) is 0 Å². The first-order valence-electron chi connectivity index (χ1n) is 31.5. The van der Waals surface area contributed by atoms with E-state index < -0.39 is 11.9 Å². The highest BCUT2D eigenvalue weighted by molar-refractivity contribution is 8.00. The first kappa shape index (κ1) is 59.1. The summed E-state index contributed by atoms with van der Waals surface area (Å²) in [6.45, 7) is 23.3. The number of hydrogen-bond donors (Lipinski definition) is 5. The molecular formula is C67H82N12O4S3. The average molecular weight is 1220 g/mol. The normalized spacial score (nSPS) is 29.5. The fourth-order valence-electron chi connectivity index (χ4n) is 17.0. The number of hydrogen-bond acceptors (Lipinski definition) is 17. The number of carboxylic acids is 2. The highest BCUT2D eigenvalue weighted by Crippen LogP contribution is 2.53. The lowest BCUT2D eigenvalue weighted by Gasteiger charge is -2.54. The Kier molecular flexibility index (Phi) is 17.4. The zero-order valence-corrected chi connectivity index (χ0v) is 52.8. The van der Waals surface area contributed by atoms with Gasteiger partial charge in [0.1, 0.15) is 15.1 Å². The SMILES string of the molecule is CC1CC(C)C2CN(Cc3ccc4c(c3)Nc3nccnc3S4)CC1C2C(C)C(=O)O.CCC1C2CN(Cc3ccc4c(c3)Nc3nccnc3S4)CC1C(C)C2C.O=C(O)CC1C2CCCC1CN(Cc1ccc3c(c1)Nc1nccnc1S3)C2. The van der Waals surface area contributed by atoms with Gasteiger partial charge in [-0.05, 0) is 149 Å². The monoisotopic (exact) mass is 1210 g/mol. The molecule has 0 radical (unpaired) electrons. The first-order chi connectivity index (χ1) is 41.7. The van der Waals surface area contributed by atoms with Crippen molar-refractivity contribution in [2.75, 3.05) is 55.2 Å². The Morgan fingerprint density at radius 2 is 0.930 bits per heavy atom. The Hall–Kier alpha value is -5.83. The summed E-state index contributed by atoms with van der Waals surface area (Å²) < 4.78 is 0. The molecule has 19 heteroatoms. The van der Waals surface area contributed by atoms with Crippen LogP contribution in [-0.4, -0.2) is 106 Å². The lowest BCUT2D eigenvalue weighted by Crippen LogP contribution is -2.56. The van der Waals surface area contributed by atoms with Crippen LogP contribution in [0.5, 0.6) is 0 Å². The van der Waals surface area contributed by atoms with Crippen molar-refractivity contribution >= 4 is 81.7 Å². The molecule has 6 bridgehead atoms. The van der Waals surface area contributed by atoms with Crippen LogP contribution in [0.3, 0.4) is 0 Å². The van der Waals surface area contributed by atoms with Crippen LogP contribution in [0.25, 0.3) is 0 Å². The second-order valence-electron chi connectivity index (χ2n) is 26.4. The fourth-order valence-corrected chi connectivity index (χ4v) is 19.7. The van der Waals surface area contributed by atoms with E-state index in [-0.39, 0.29) is 11.8 Å². The number of nitrogens with zero attached hydrogens (tertiary/aromatic N) is 9. The molecule has 9 aliphatic rings. The number of rotatable bonds is 11. The summed E-state index contributed by atoms with van der Waals surface area (Å²) in [5.74, 6) is 9.09. The lowest BCUT2D eigenvalue weighted by molar-refractivity contribution is -0.150. The molecule has 3 saturated carbocycles. The van der Waals surface area contributed by atoms with Gasteiger partial charge >= 0.3 is 11.9 Å². The van der Waals surface area contributed by atoms with Crippen LogP contribution in [0, 0.1) is 82.9 Å². The van der Waals surface area contributed by atoms with Crippen molar-refractivity contribution in [1.29, 1.82) is 0 Å². The third kappa shape index (κ3) is 12.3. The van der Waals surface area contributed by atoms with Crippen LogP contribution in [0.1, 0.15) is 96.8 Å². The van der Waals surface area contributed by atoms with Gasteiger partial charge in [0.15, 0.2) is 17.5 Å². The Morgan fingerprint density at radius 3 is 1.31 bits per heavy atom. The number of nitrogens with one attached hydrogen (secondary N) is 3. The molecule has 0 spiro atoms. The fraction of sp³-hybridized carbons (Fsp3) is 0.522. The minimum Gasteiger partial charge on any atom is -0.481 e. The number of benzene rings is 3. The van der Waals surface area contributed by atoms with Crippen LogP contribution in [0.2, 0.25) is 0 Å². The van der Waals surface area contributed by atoms with E-state index in [1.807, 2.05) is 6.92 Å². The Bertz CT molecular complexity index is 3420. The Morgan fingerprint density at radius 1 is 0.547 bits per heavy atom. The zero-order valence-electron chi connectivity index (χ0n) is 50.3. The molecule has 452 valence electrons. The van der Waals surface area contributed by atoms with E-state index in [9.17, 15) is 19.8 Å². The van der Waals surface area contributed by atoms with Crippen molar-refractivity contribution < 1.29 is 19.8 Å². The van der Waals surface area contributed by atoms with E-state index in [4.69, 9.17) is 0 Å². The summed E-state index contributed by atoms with van der Waals surface area (Å²) in [5.41, 5.74) is 7.31. The van der Waals surface area contributed by atoms with Crippen molar-refractivity contribution in [3.63, 3.8) is 0 Å². The van der Waals surface area contributed by atoms with Gasteiger partial charge < -0.3 is 26.2 Å². The first-order valence-corrected chi connectivity index (χ1v) is 33.9. The molecule has 5 N–H and O–H groups in total. The molecule has 16 nitrogen and oxygen atoms in total. The number of anilines is 6. The van der Waals surface area contributed by atoms with Crippen LogP contribution in [0.4, 0.5) is 34.5 Å². The largest absolute Gasteiger partial charge is 0.481 e. The van der Waals surface area contributed by atoms with Crippen molar-refractivity contribution in [3.05, 3.63) is 108 Å².